The maximum atomic E-state index is 12.4. The molecule has 0 amide bonds. The maximum absolute atomic E-state index is 12.4. The van der Waals surface area contributed by atoms with Crippen LogP contribution in [0.3, 0.4) is 0 Å². The van der Waals surface area contributed by atoms with Crippen molar-refractivity contribution in [3.63, 3.8) is 0 Å². The molecule has 0 bridgehead atoms. The lowest BCUT2D eigenvalue weighted by Gasteiger charge is -2.18. The first kappa shape index (κ1) is 16.1. The van der Waals surface area contributed by atoms with Crippen LogP contribution >= 0.6 is 11.6 Å². The summed E-state index contributed by atoms with van der Waals surface area (Å²) in [4.78, 5) is 35.1. The van der Waals surface area contributed by atoms with E-state index < -0.39 is 16.9 Å². The Kier molecular flexibility index (Phi) is 4.30. The number of carbonyl (C=O) groups is 1. The lowest BCUT2D eigenvalue weighted by Crippen LogP contribution is -2.44. The molecule has 1 aromatic carbocycles. The van der Waals surface area contributed by atoms with Gasteiger partial charge in [-0.25, -0.2) is 4.79 Å². The quantitative estimate of drug-likeness (QED) is 0.833. The second kappa shape index (κ2) is 5.86. The average molecular weight is 324 g/mol. The molecular formula is C14H14ClN3O4. The summed E-state index contributed by atoms with van der Waals surface area (Å²) in [6.45, 7) is 2.79. The van der Waals surface area contributed by atoms with Crippen molar-refractivity contribution in [2.24, 2.45) is 0 Å². The third-order valence-corrected chi connectivity index (χ3v) is 3.20. The molecule has 0 atom stereocenters. The van der Waals surface area contributed by atoms with Gasteiger partial charge in [-0.15, -0.1) is 0 Å². The Morgan fingerprint density at radius 2 is 2.05 bits per heavy atom. The Morgan fingerprint density at radius 3 is 2.64 bits per heavy atom. The van der Waals surface area contributed by atoms with Crippen LogP contribution < -0.4 is 11.2 Å². The lowest BCUT2D eigenvalue weighted by atomic mass is 10.1. The highest BCUT2D eigenvalue weighted by Crippen LogP contribution is 2.16. The highest BCUT2D eigenvalue weighted by Gasteiger charge is 2.18. The zero-order valence-electron chi connectivity index (χ0n) is 12.0. The Hall–Kier alpha value is -2.25. The Labute approximate surface area is 130 Å². The second-order valence-electron chi connectivity index (χ2n) is 5.40. The fraction of sp³-hybridized carbons (Fsp3) is 0.286. The summed E-state index contributed by atoms with van der Waals surface area (Å²) in [6, 6.07) is 4.35. The summed E-state index contributed by atoms with van der Waals surface area (Å²) >= 11 is 5.84. The number of hydrogen-bond acceptors (Lipinski definition) is 5. The molecule has 0 aliphatic heterocycles. The van der Waals surface area contributed by atoms with E-state index in [1.807, 2.05) is 0 Å². The first-order valence-electron chi connectivity index (χ1n) is 6.39. The summed E-state index contributed by atoms with van der Waals surface area (Å²) < 4.78 is 1.85. The van der Waals surface area contributed by atoms with Gasteiger partial charge in [-0.3, -0.25) is 14.2 Å². The molecule has 2 aromatic rings. The van der Waals surface area contributed by atoms with E-state index in [-0.39, 0.29) is 17.1 Å². The number of rotatable bonds is 4. The summed E-state index contributed by atoms with van der Waals surface area (Å²) in [6.07, 6.45) is 1.53. The molecule has 0 fully saturated rings. The molecule has 2 rings (SSSR count). The number of carbonyl (C=O) groups excluding carboxylic acids is 1. The second-order valence-corrected chi connectivity index (χ2v) is 5.81. The van der Waals surface area contributed by atoms with Crippen molar-refractivity contribution in [2.45, 2.75) is 26.0 Å². The molecule has 7 nitrogen and oxygen atoms in total. The maximum Gasteiger partial charge on any atom is 0.352 e. The third kappa shape index (κ3) is 3.32. The number of hydrogen-bond donors (Lipinski definition) is 1. The SMILES string of the molecule is CC(C)(O)Cn1c(=O)cnn(-c2ccc(Cl)c(C=O)c2)c1=O. The molecular weight excluding hydrogens is 310 g/mol. The van der Waals surface area contributed by atoms with E-state index in [0.29, 0.717) is 12.0 Å². The molecule has 1 aromatic heterocycles. The summed E-state index contributed by atoms with van der Waals surface area (Å²) in [5.41, 5.74) is -2.08. The summed E-state index contributed by atoms with van der Waals surface area (Å²) in [5, 5.41) is 13.8. The van der Waals surface area contributed by atoms with Gasteiger partial charge in [-0.05, 0) is 32.0 Å². The molecule has 1 N–H and O–H groups in total. The molecule has 0 spiro atoms. The largest absolute Gasteiger partial charge is 0.389 e. The van der Waals surface area contributed by atoms with Gasteiger partial charge in [-0.1, -0.05) is 11.6 Å². The Bertz CT molecular complexity index is 833. The molecule has 0 aliphatic carbocycles. The normalized spacial score (nSPS) is 11.5. The van der Waals surface area contributed by atoms with Crippen LogP contribution in [-0.2, 0) is 6.54 Å². The van der Waals surface area contributed by atoms with Gasteiger partial charge >= 0.3 is 5.69 Å². The standard InChI is InChI=1S/C14H14ClN3O4/c1-14(2,22)8-17-12(20)6-16-18(13(17)21)10-3-4-11(15)9(5-10)7-19/h3-7,22H,8H2,1-2H3. The van der Waals surface area contributed by atoms with E-state index in [1.54, 1.807) is 0 Å². The van der Waals surface area contributed by atoms with Gasteiger partial charge in [-0.2, -0.15) is 9.78 Å². The fourth-order valence-electron chi connectivity index (χ4n) is 1.90. The van der Waals surface area contributed by atoms with Crippen LogP contribution in [0.25, 0.3) is 5.69 Å². The van der Waals surface area contributed by atoms with Crippen LogP contribution in [0.15, 0.2) is 34.0 Å². The van der Waals surface area contributed by atoms with Crippen molar-refractivity contribution < 1.29 is 9.90 Å². The van der Waals surface area contributed by atoms with E-state index in [2.05, 4.69) is 5.10 Å². The molecule has 0 saturated heterocycles. The van der Waals surface area contributed by atoms with E-state index in [0.717, 1.165) is 15.4 Å². The number of aliphatic hydroxyl groups is 1. The van der Waals surface area contributed by atoms with Gasteiger partial charge in [0.2, 0.25) is 0 Å². The van der Waals surface area contributed by atoms with Gasteiger partial charge in [0.15, 0.2) is 6.29 Å². The third-order valence-electron chi connectivity index (χ3n) is 2.86. The van der Waals surface area contributed by atoms with E-state index >= 15 is 0 Å². The van der Waals surface area contributed by atoms with Crippen molar-refractivity contribution in [3.05, 3.63) is 55.8 Å². The highest BCUT2D eigenvalue weighted by atomic mass is 35.5. The zero-order chi connectivity index (χ0) is 16.5. The van der Waals surface area contributed by atoms with Gasteiger partial charge in [0.1, 0.15) is 6.20 Å². The van der Waals surface area contributed by atoms with Gasteiger partial charge in [0, 0.05) is 5.56 Å². The van der Waals surface area contributed by atoms with Crippen LogP contribution in [0, 0.1) is 0 Å². The predicted molar refractivity (Wildman–Crippen MR) is 80.8 cm³/mol. The molecule has 0 aliphatic rings. The fourth-order valence-corrected chi connectivity index (χ4v) is 2.06. The number of nitrogens with zero attached hydrogens (tertiary/aromatic N) is 3. The minimum atomic E-state index is -1.24. The number of benzene rings is 1. The lowest BCUT2D eigenvalue weighted by molar-refractivity contribution is 0.0585. The molecule has 0 unspecified atom stereocenters. The molecule has 116 valence electrons. The number of aromatic nitrogens is 3. The molecule has 0 radical (unpaired) electrons. The summed E-state index contributed by atoms with van der Waals surface area (Å²) in [5.74, 6) is 0. The number of halogens is 1. The van der Waals surface area contributed by atoms with Crippen molar-refractivity contribution in [1.82, 2.24) is 14.3 Å². The van der Waals surface area contributed by atoms with Crippen molar-refractivity contribution in [3.8, 4) is 5.69 Å². The Morgan fingerprint density at radius 1 is 1.36 bits per heavy atom. The minimum absolute atomic E-state index is 0.179. The van der Waals surface area contributed by atoms with Gasteiger partial charge in [0.05, 0.1) is 22.9 Å². The molecule has 0 saturated carbocycles. The van der Waals surface area contributed by atoms with E-state index in [9.17, 15) is 19.5 Å². The van der Waals surface area contributed by atoms with Crippen molar-refractivity contribution >= 4 is 17.9 Å². The van der Waals surface area contributed by atoms with E-state index in [4.69, 9.17) is 11.6 Å². The topological polar surface area (TPSA) is 94.2 Å². The average Bonchev–Trinajstić information content (AvgIpc) is 2.43. The minimum Gasteiger partial charge on any atom is -0.389 e. The predicted octanol–water partition coefficient (Wildman–Crippen LogP) is 0.631. The molecule has 8 heteroatoms. The highest BCUT2D eigenvalue weighted by molar-refractivity contribution is 6.33. The van der Waals surface area contributed by atoms with Crippen LogP contribution in [0.2, 0.25) is 5.02 Å². The van der Waals surface area contributed by atoms with Gasteiger partial charge < -0.3 is 5.11 Å². The smallest absolute Gasteiger partial charge is 0.352 e. The van der Waals surface area contributed by atoms with Crippen LogP contribution in [0.1, 0.15) is 24.2 Å². The number of aldehydes is 1. The van der Waals surface area contributed by atoms with Gasteiger partial charge in [0.25, 0.3) is 5.56 Å². The van der Waals surface area contributed by atoms with Crippen LogP contribution in [0.4, 0.5) is 0 Å². The molecule has 22 heavy (non-hydrogen) atoms. The monoisotopic (exact) mass is 323 g/mol. The van der Waals surface area contributed by atoms with Crippen LogP contribution in [0.5, 0.6) is 0 Å². The van der Waals surface area contributed by atoms with Crippen molar-refractivity contribution in [2.75, 3.05) is 0 Å². The van der Waals surface area contributed by atoms with Crippen LogP contribution in [-0.4, -0.2) is 31.3 Å². The first-order valence-corrected chi connectivity index (χ1v) is 6.77. The van der Waals surface area contributed by atoms with Crippen molar-refractivity contribution in [1.29, 1.82) is 0 Å². The Balaban J connectivity index is 2.63. The van der Waals surface area contributed by atoms with E-state index in [1.165, 1.54) is 32.0 Å². The molecule has 1 heterocycles. The first-order chi connectivity index (χ1) is 10.2. The summed E-state index contributed by atoms with van der Waals surface area (Å²) in [7, 11) is 0. The zero-order valence-corrected chi connectivity index (χ0v) is 12.7.